The van der Waals surface area contributed by atoms with Gasteiger partial charge in [-0.05, 0) is 56.5 Å². The van der Waals surface area contributed by atoms with Gasteiger partial charge in [0.05, 0.1) is 48.5 Å². The van der Waals surface area contributed by atoms with Crippen molar-refractivity contribution in [2.24, 2.45) is 0 Å². The minimum Gasteiger partial charge on any atom is -0.389 e. The molecule has 2 saturated heterocycles. The summed E-state index contributed by atoms with van der Waals surface area (Å²) in [6.45, 7) is 4.50. The van der Waals surface area contributed by atoms with E-state index in [1.165, 1.54) is 10.9 Å². The number of benzene rings is 1. The predicted molar refractivity (Wildman–Crippen MR) is 128 cm³/mol. The Morgan fingerprint density at radius 1 is 1.20 bits per heavy atom. The Bertz CT molecular complexity index is 1260. The topological polar surface area (TPSA) is 88.3 Å². The van der Waals surface area contributed by atoms with Crippen LogP contribution < -0.4 is 5.32 Å². The first kappa shape index (κ1) is 23.0. The van der Waals surface area contributed by atoms with Gasteiger partial charge in [0.2, 0.25) is 5.95 Å². The third-order valence-electron chi connectivity index (χ3n) is 7.54. The molecule has 3 aliphatic rings. The quantitative estimate of drug-likeness (QED) is 0.542. The molecule has 0 unspecified atom stereocenters. The number of nitrogens with one attached hydrogen (secondary N) is 1. The number of hydrogen-bond acceptors (Lipinski definition) is 7. The monoisotopic (exact) mass is 504 g/mol. The van der Waals surface area contributed by atoms with Crippen LogP contribution in [0.15, 0.2) is 24.5 Å². The molecule has 3 aromatic rings. The van der Waals surface area contributed by atoms with Gasteiger partial charge in [-0.15, -0.1) is 0 Å². The molecule has 11 heteroatoms. The van der Waals surface area contributed by atoms with Gasteiger partial charge in [0.1, 0.15) is 6.04 Å². The van der Waals surface area contributed by atoms with Crippen molar-refractivity contribution >= 4 is 34.1 Å². The molecule has 0 spiro atoms. The van der Waals surface area contributed by atoms with E-state index in [1.54, 1.807) is 13.1 Å². The largest absolute Gasteiger partial charge is 0.389 e. The zero-order valence-corrected chi connectivity index (χ0v) is 20.0. The van der Waals surface area contributed by atoms with Crippen LogP contribution in [-0.2, 0) is 4.74 Å². The standard InChI is InChI=1S/C24H27ClF2N6O2/c1-13-19(10-29-33(13)22-8-24(22,26)27)31-23-28-9-15-6-17(25)16(7-18(15)30-23)14-2-4-32(5-3-14)20-11-35-12-21(20)34/h6-7,9-10,14,20-22,34H,2-5,8,11-12H2,1H3,(H,28,30,31)/t20-,21+,22+/m1/s1. The van der Waals surface area contributed by atoms with E-state index in [-0.39, 0.29) is 12.5 Å². The van der Waals surface area contributed by atoms with Gasteiger partial charge in [-0.3, -0.25) is 9.58 Å². The first-order chi connectivity index (χ1) is 16.8. The summed E-state index contributed by atoms with van der Waals surface area (Å²) in [5, 5.41) is 18.9. The highest BCUT2D eigenvalue weighted by Gasteiger charge is 2.59. The highest BCUT2D eigenvalue weighted by Crippen LogP contribution is 2.53. The van der Waals surface area contributed by atoms with E-state index in [2.05, 4.69) is 25.3 Å². The van der Waals surface area contributed by atoms with E-state index in [0.717, 1.165) is 42.4 Å². The van der Waals surface area contributed by atoms with Crippen molar-refractivity contribution in [1.29, 1.82) is 0 Å². The molecule has 1 aliphatic carbocycles. The highest BCUT2D eigenvalue weighted by atomic mass is 35.5. The SMILES string of the molecule is Cc1c(Nc2ncc3cc(Cl)c(C4CCN([C@@H]5COC[C@@H]5O)CC4)cc3n2)cnn1[C@H]1CC1(F)F. The third kappa shape index (κ3) is 4.26. The van der Waals surface area contributed by atoms with Crippen LogP contribution >= 0.6 is 11.6 Å². The lowest BCUT2D eigenvalue weighted by Crippen LogP contribution is -2.46. The molecule has 0 amide bonds. The molecule has 186 valence electrons. The maximum atomic E-state index is 13.5. The van der Waals surface area contributed by atoms with Gasteiger partial charge in [-0.2, -0.15) is 5.10 Å². The summed E-state index contributed by atoms with van der Waals surface area (Å²) in [5.41, 5.74) is 3.05. The lowest BCUT2D eigenvalue weighted by atomic mass is 9.88. The summed E-state index contributed by atoms with van der Waals surface area (Å²) >= 11 is 6.66. The van der Waals surface area contributed by atoms with Gasteiger partial charge >= 0.3 is 0 Å². The summed E-state index contributed by atoms with van der Waals surface area (Å²) in [6.07, 6.45) is 4.52. The number of aliphatic hydroxyl groups is 1. The summed E-state index contributed by atoms with van der Waals surface area (Å²) < 4.78 is 33.7. The summed E-state index contributed by atoms with van der Waals surface area (Å²) in [4.78, 5) is 11.4. The number of nitrogens with zero attached hydrogens (tertiary/aromatic N) is 5. The predicted octanol–water partition coefficient (Wildman–Crippen LogP) is 4.05. The van der Waals surface area contributed by atoms with Crippen molar-refractivity contribution in [1.82, 2.24) is 24.6 Å². The Morgan fingerprint density at radius 2 is 1.97 bits per heavy atom. The van der Waals surface area contributed by atoms with E-state index in [4.69, 9.17) is 16.3 Å². The Labute approximate surface area is 206 Å². The van der Waals surface area contributed by atoms with Gasteiger partial charge in [-0.25, -0.2) is 18.7 Å². The molecule has 35 heavy (non-hydrogen) atoms. The van der Waals surface area contributed by atoms with Gasteiger partial charge in [0.25, 0.3) is 5.92 Å². The summed E-state index contributed by atoms with van der Waals surface area (Å²) in [6, 6.07) is 3.12. The van der Waals surface area contributed by atoms with Crippen molar-refractivity contribution in [3.8, 4) is 0 Å². The molecule has 2 aliphatic heterocycles. The number of likely N-dealkylation sites (tertiary alicyclic amines) is 1. The van der Waals surface area contributed by atoms with Crippen LogP contribution in [0, 0.1) is 6.92 Å². The maximum absolute atomic E-state index is 13.5. The van der Waals surface area contributed by atoms with Crippen LogP contribution in [0.1, 0.15) is 42.5 Å². The van der Waals surface area contributed by atoms with Crippen LogP contribution in [0.2, 0.25) is 5.02 Å². The average molecular weight is 505 g/mol. The van der Waals surface area contributed by atoms with E-state index < -0.39 is 18.1 Å². The number of anilines is 2. The third-order valence-corrected chi connectivity index (χ3v) is 7.86. The van der Waals surface area contributed by atoms with Crippen LogP contribution in [-0.4, -0.2) is 74.1 Å². The molecule has 3 fully saturated rings. The minimum absolute atomic E-state index is 0.0725. The Morgan fingerprint density at radius 3 is 2.66 bits per heavy atom. The van der Waals surface area contributed by atoms with Gasteiger partial charge in [-0.1, -0.05) is 11.6 Å². The Hall–Kier alpha value is -2.40. The lowest BCUT2D eigenvalue weighted by Gasteiger charge is -2.36. The normalized spacial score (nSPS) is 26.9. The van der Waals surface area contributed by atoms with Crippen LogP contribution in [0.4, 0.5) is 20.4 Å². The fourth-order valence-corrected chi connectivity index (χ4v) is 5.63. The van der Waals surface area contributed by atoms with Gasteiger partial charge < -0.3 is 15.2 Å². The molecule has 1 aromatic carbocycles. The lowest BCUT2D eigenvalue weighted by molar-refractivity contribution is 0.0663. The van der Waals surface area contributed by atoms with Gasteiger partial charge in [0.15, 0.2) is 0 Å². The Balaban J connectivity index is 1.19. The fraction of sp³-hybridized carbons (Fsp3) is 0.542. The van der Waals surface area contributed by atoms with Crippen LogP contribution in [0.5, 0.6) is 0 Å². The van der Waals surface area contributed by atoms with Crippen molar-refractivity contribution in [2.45, 2.75) is 56.2 Å². The highest BCUT2D eigenvalue weighted by molar-refractivity contribution is 6.32. The smallest absolute Gasteiger partial charge is 0.272 e. The molecule has 2 N–H and O–H groups in total. The zero-order chi connectivity index (χ0) is 24.3. The van der Waals surface area contributed by atoms with Gasteiger partial charge in [0, 0.05) is 23.0 Å². The molecule has 4 heterocycles. The Kier molecular flexibility index (Phi) is 5.67. The number of piperidine rings is 1. The number of alkyl halides is 2. The first-order valence-corrected chi connectivity index (χ1v) is 12.3. The second-order valence-electron chi connectivity index (χ2n) is 9.80. The molecule has 2 aromatic heterocycles. The number of rotatable bonds is 5. The average Bonchev–Trinajstić information content (AvgIpc) is 3.11. The van der Waals surface area contributed by atoms with Crippen molar-refractivity contribution < 1.29 is 18.6 Å². The van der Waals surface area contributed by atoms with Crippen molar-refractivity contribution in [2.75, 3.05) is 31.6 Å². The summed E-state index contributed by atoms with van der Waals surface area (Å²) in [7, 11) is 0. The van der Waals surface area contributed by atoms with E-state index in [1.807, 2.05) is 12.1 Å². The molecule has 3 atom stereocenters. The van der Waals surface area contributed by atoms with E-state index in [9.17, 15) is 13.9 Å². The first-order valence-electron chi connectivity index (χ1n) is 11.9. The maximum Gasteiger partial charge on any atom is 0.272 e. The molecule has 0 radical (unpaired) electrons. The number of aliphatic hydroxyl groups excluding tert-OH is 1. The van der Waals surface area contributed by atoms with Crippen molar-refractivity contribution in [3.05, 3.63) is 40.8 Å². The second kappa shape index (κ2) is 8.62. The molecule has 8 nitrogen and oxygen atoms in total. The molecule has 0 bridgehead atoms. The molecule has 1 saturated carbocycles. The van der Waals surface area contributed by atoms with E-state index >= 15 is 0 Å². The second-order valence-corrected chi connectivity index (χ2v) is 10.2. The molecular weight excluding hydrogens is 478 g/mol. The summed E-state index contributed by atoms with van der Waals surface area (Å²) in [5.74, 6) is -2.01. The minimum atomic E-state index is -2.69. The number of ether oxygens (including phenoxy) is 1. The molecule has 6 rings (SSSR count). The van der Waals surface area contributed by atoms with Crippen LogP contribution in [0.25, 0.3) is 10.9 Å². The zero-order valence-electron chi connectivity index (χ0n) is 19.3. The molecular formula is C24H27ClF2N6O2. The fourth-order valence-electron chi connectivity index (χ4n) is 5.31. The van der Waals surface area contributed by atoms with E-state index in [0.29, 0.717) is 41.5 Å². The number of aromatic nitrogens is 4. The number of hydrogen-bond donors (Lipinski definition) is 2. The number of halogens is 3. The van der Waals surface area contributed by atoms with Crippen molar-refractivity contribution in [3.63, 3.8) is 0 Å². The van der Waals surface area contributed by atoms with Crippen LogP contribution in [0.3, 0.4) is 0 Å². The number of fused-ring (bicyclic) bond motifs is 1.